The Bertz CT molecular complexity index is 1020. The van der Waals surface area contributed by atoms with Crippen LogP contribution in [-0.2, 0) is 22.4 Å². The SMILES string of the molecule is COC(=O)c1ccc(CCCN2C(=O)CCC2/C=C/C(O)Cc2ccc3c(c2)OCO3)cc1. The van der Waals surface area contributed by atoms with Gasteiger partial charge in [0.2, 0.25) is 12.7 Å². The van der Waals surface area contributed by atoms with E-state index >= 15 is 0 Å². The van der Waals surface area contributed by atoms with Crippen molar-refractivity contribution in [3.8, 4) is 11.5 Å². The molecule has 2 heterocycles. The van der Waals surface area contributed by atoms with E-state index in [0.717, 1.165) is 36.1 Å². The Balaban J connectivity index is 1.27. The van der Waals surface area contributed by atoms with Crippen LogP contribution < -0.4 is 9.47 Å². The van der Waals surface area contributed by atoms with Crippen LogP contribution in [0, 0.1) is 0 Å². The first-order chi connectivity index (χ1) is 16.0. The first-order valence-corrected chi connectivity index (χ1v) is 11.2. The number of fused-ring (bicyclic) bond motifs is 1. The Morgan fingerprint density at radius 1 is 1.18 bits per heavy atom. The summed E-state index contributed by atoms with van der Waals surface area (Å²) in [4.78, 5) is 25.8. The Morgan fingerprint density at radius 2 is 1.94 bits per heavy atom. The van der Waals surface area contributed by atoms with E-state index < -0.39 is 6.10 Å². The first kappa shape index (κ1) is 22.9. The maximum absolute atomic E-state index is 12.4. The maximum Gasteiger partial charge on any atom is 0.337 e. The average Bonchev–Trinajstić information content (AvgIpc) is 3.44. The van der Waals surface area contributed by atoms with Crippen LogP contribution in [0.5, 0.6) is 11.5 Å². The predicted octanol–water partition coefficient (Wildman–Crippen LogP) is 3.29. The number of rotatable bonds is 9. The van der Waals surface area contributed by atoms with Gasteiger partial charge in [0, 0.05) is 19.4 Å². The lowest BCUT2D eigenvalue weighted by atomic mass is 10.1. The maximum atomic E-state index is 12.4. The fourth-order valence-electron chi connectivity index (χ4n) is 4.26. The van der Waals surface area contributed by atoms with Gasteiger partial charge in [0.1, 0.15) is 0 Å². The van der Waals surface area contributed by atoms with Crippen molar-refractivity contribution in [1.82, 2.24) is 4.90 Å². The summed E-state index contributed by atoms with van der Waals surface area (Å²) in [7, 11) is 1.37. The van der Waals surface area contributed by atoms with E-state index in [0.29, 0.717) is 30.7 Å². The number of ether oxygens (including phenoxy) is 3. The van der Waals surface area contributed by atoms with Crippen LogP contribution in [0.2, 0.25) is 0 Å². The highest BCUT2D eigenvalue weighted by atomic mass is 16.7. The number of aliphatic hydroxyl groups excluding tert-OH is 1. The molecule has 0 spiro atoms. The fourth-order valence-corrected chi connectivity index (χ4v) is 4.26. The lowest BCUT2D eigenvalue weighted by Crippen LogP contribution is -2.33. The Labute approximate surface area is 193 Å². The number of likely N-dealkylation sites (tertiary alicyclic amines) is 1. The number of hydrogen-bond donors (Lipinski definition) is 1. The van der Waals surface area contributed by atoms with Crippen LogP contribution in [0.4, 0.5) is 0 Å². The van der Waals surface area contributed by atoms with Gasteiger partial charge in [-0.1, -0.05) is 30.4 Å². The summed E-state index contributed by atoms with van der Waals surface area (Å²) in [6, 6.07) is 13.0. The zero-order chi connectivity index (χ0) is 23.2. The number of esters is 1. The third-order valence-corrected chi connectivity index (χ3v) is 6.05. The summed E-state index contributed by atoms with van der Waals surface area (Å²) >= 11 is 0. The molecule has 2 atom stereocenters. The molecule has 174 valence electrons. The van der Waals surface area contributed by atoms with Gasteiger partial charge in [-0.2, -0.15) is 0 Å². The second-order valence-electron chi connectivity index (χ2n) is 8.33. The smallest absolute Gasteiger partial charge is 0.337 e. The molecule has 1 fully saturated rings. The summed E-state index contributed by atoms with van der Waals surface area (Å²) in [6.45, 7) is 0.885. The number of carbonyl (C=O) groups excluding carboxylic acids is 2. The minimum absolute atomic E-state index is 0.00519. The van der Waals surface area contributed by atoms with Crippen molar-refractivity contribution >= 4 is 11.9 Å². The van der Waals surface area contributed by atoms with Gasteiger partial charge in [-0.3, -0.25) is 4.79 Å². The molecule has 7 nitrogen and oxygen atoms in total. The van der Waals surface area contributed by atoms with Gasteiger partial charge in [0.05, 0.1) is 24.8 Å². The molecule has 1 amide bonds. The molecule has 1 N–H and O–H groups in total. The molecule has 33 heavy (non-hydrogen) atoms. The van der Waals surface area contributed by atoms with Crippen molar-refractivity contribution in [3.63, 3.8) is 0 Å². The van der Waals surface area contributed by atoms with E-state index in [4.69, 9.17) is 14.2 Å². The number of nitrogens with zero attached hydrogens (tertiary/aromatic N) is 1. The highest BCUT2D eigenvalue weighted by molar-refractivity contribution is 5.89. The summed E-state index contributed by atoms with van der Waals surface area (Å²) in [5.74, 6) is 1.23. The van der Waals surface area contributed by atoms with Crippen LogP contribution in [-0.4, -0.2) is 54.5 Å². The Morgan fingerprint density at radius 3 is 2.73 bits per heavy atom. The van der Waals surface area contributed by atoms with Crippen molar-refractivity contribution in [3.05, 3.63) is 71.3 Å². The van der Waals surface area contributed by atoms with Crippen LogP contribution >= 0.6 is 0 Å². The van der Waals surface area contributed by atoms with Gasteiger partial charge in [0.25, 0.3) is 0 Å². The predicted molar refractivity (Wildman–Crippen MR) is 122 cm³/mol. The van der Waals surface area contributed by atoms with E-state index in [9.17, 15) is 14.7 Å². The van der Waals surface area contributed by atoms with E-state index in [1.54, 1.807) is 18.2 Å². The van der Waals surface area contributed by atoms with Crippen LogP contribution in [0.25, 0.3) is 0 Å². The standard InChI is InChI=1S/C26H29NO6/c1-31-26(30)20-7-4-18(5-8-20)3-2-14-27-21(10-13-25(27)29)9-11-22(28)15-19-6-12-23-24(16-19)33-17-32-23/h4-9,11-12,16,21-22,28H,2-3,10,13-15,17H2,1H3/b11-9+. The lowest BCUT2D eigenvalue weighted by molar-refractivity contribution is -0.128. The van der Waals surface area contributed by atoms with Crippen molar-refractivity contribution in [1.29, 1.82) is 0 Å². The summed E-state index contributed by atoms with van der Waals surface area (Å²) in [6.07, 6.45) is 6.49. The molecule has 2 aromatic rings. The molecule has 2 aliphatic heterocycles. The minimum atomic E-state index is -0.642. The topological polar surface area (TPSA) is 85.3 Å². The van der Waals surface area contributed by atoms with Crippen molar-refractivity contribution in [2.24, 2.45) is 0 Å². The van der Waals surface area contributed by atoms with Crippen molar-refractivity contribution in [2.75, 3.05) is 20.4 Å². The number of amides is 1. The molecule has 0 bridgehead atoms. The van der Waals surface area contributed by atoms with Crippen LogP contribution in [0.1, 0.15) is 40.7 Å². The normalized spacial score (nSPS) is 18.2. The largest absolute Gasteiger partial charge is 0.465 e. The van der Waals surface area contributed by atoms with Crippen LogP contribution in [0.15, 0.2) is 54.6 Å². The highest BCUT2D eigenvalue weighted by Crippen LogP contribution is 2.32. The summed E-state index contributed by atoms with van der Waals surface area (Å²) in [5.41, 5.74) is 2.61. The van der Waals surface area contributed by atoms with E-state index in [1.165, 1.54) is 7.11 Å². The van der Waals surface area contributed by atoms with Gasteiger partial charge in [-0.15, -0.1) is 0 Å². The molecular weight excluding hydrogens is 422 g/mol. The molecule has 0 aliphatic carbocycles. The van der Waals surface area contributed by atoms with Crippen molar-refractivity contribution < 1.29 is 28.9 Å². The monoisotopic (exact) mass is 451 g/mol. The molecule has 2 unspecified atom stereocenters. The molecule has 4 rings (SSSR count). The van der Waals surface area contributed by atoms with Crippen molar-refractivity contribution in [2.45, 2.75) is 44.2 Å². The van der Waals surface area contributed by atoms with E-state index in [1.807, 2.05) is 41.3 Å². The third-order valence-electron chi connectivity index (χ3n) is 6.05. The number of methoxy groups -OCH3 is 1. The van der Waals surface area contributed by atoms with Gasteiger partial charge in [-0.25, -0.2) is 4.79 Å². The number of aliphatic hydroxyl groups is 1. The number of aryl methyl sites for hydroxylation is 1. The summed E-state index contributed by atoms with van der Waals surface area (Å²) in [5, 5.41) is 10.5. The molecule has 7 heteroatoms. The van der Waals surface area contributed by atoms with E-state index in [2.05, 4.69) is 0 Å². The quantitative estimate of drug-likeness (QED) is 0.465. The Kier molecular flexibility index (Phi) is 7.29. The van der Waals surface area contributed by atoms with Gasteiger partial charge in [0.15, 0.2) is 11.5 Å². The number of benzene rings is 2. The fraction of sp³-hybridized carbons (Fsp3) is 0.385. The average molecular weight is 452 g/mol. The molecular formula is C26H29NO6. The minimum Gasteiger partial charge on any atom is -0.465 e. The molecule has 1 saturated heterocycles. The van der Waals surface area contributed by atoms with Gasteiger partial charge >= 0.3 is 5.97 Å². The molecule has 2 aromatic carbocycles. The second kappa shape index (κ2) is 10.5. The molecule has 0 aromatic heterocycles. The molecule has 0 radical (unpaired) electrons. The third kappa shape index (κ3) is 5.73. The number of carbonyl (C=O) groups is 2. The second-order valence-corrected chi connectivity index (χ2v) is 8.33. The first-order valence-electron chi connectivity index (χ1n) is 11.2. The highest BCUT2D eigenvalue weighted by Gasteiger charge is 2.28. The lowest BCUT2D eigenvalue weighted by Gasteiger charge is -2.22. The molecule has 2 aliphatic rings. The van der Waals surface area contributed by atoms with Gasteiger partial charge < -0.3 is 24.2 Å². The number of hydrogen-bond acceptors (Lipinski definition) is 6. The Hall–Kier alpha value is -3.32. The zero-order valence-corrected chi connectivity index (χ0v) is 18.7. The van der Waals surface area contributed by atoms with E-state index in [-0.39, 0.29) is 24.7 Å². The summed E-state index contributed by atoms with van der Waals surface area (Å²) < 4.78 is 15.4. The zero-order valence-electron chi connectivity index (χ0n) is 18.7. The van der Waals surface area contributed by atoms with Crippen LogP contribution in [0.3, 0.4) is 0 Å². The van der Waals surface area contributed by atoms with Gasteiger partial charge in [-0.05, 0) is 54.7 Å². The molecule has 0 saturated carbocycles.